The first-order valence-corrected chi connectivity index (χ1v) is 5.69. The quantitative estimate of drug-likeness (QED) is 0.339. The Bertz CT molecular complexity index is 318. The summed E-state index contributed by atoms with van der Waals surface area (Å²) in [5.74, 6) is 0.323. The smallest absolute Gasteiger partial charge is 0.410 e. The molecule has 17 heavy (non-hydrogen) atoms. The molecule has 0 heterocycles. The van der Waals surface area contributed by atoms with Crippen molar-refractivity contribution in [3.05, 3.63) is 0 Å². The SMILES string of the molecule is CN(C(=O)OC(C)(C)C)C(/C(N)=N/O)C1CC1. The van der Waals surface area contributed by atoms with Crippen LogP contribution in [0.5, 0.6) is 0 Å². The standard InChI is InChI=1S/C11H21N3O3/c1-11(2,3)17-10(15)14(4)8(7-5-6-7)9(12)13-16/h7-8,16H,5-6H2,1-4H3,(H2,12,13). The zero-order chi connectivity index (χ0) is 13.2. The number of likely N-dealkylation sites (N-methyl/N-ethyl adjacent to an activating group) is 1. The summed E-state index contributed by atoms with van der Waals surface area (Å²) >= 11 is 0. The van der Waals surface area contributed by atoms with Crippen LogP contribution in [0.2, 0.25) is 0 Å². The van der Waals surface area contributed by atoms with Gasteiger partial charge in [-0.3, -0.25) is 0 Å². The van der Waals surface area contributed by atoms with Crippen LogP contribution in [0.15, 0.2) is 5.16 Å². The summed E-state index contributed by atoms with van der Waals surface area (Å²) in [5, 5.41) is 11.7. The van der Waals surface area contributed by atoms with Gasteiger partial charge in [0.1, 0.15) is 5.60 Å². The fourth-order valence-corrected chi connectivity index (χ4v) is 1.67. The zero-order valence-corrected chi connectivity index (χ0v) is 10.8. The zero-order valence-electron chi connectivity index (χ0n) is 10.8. The molecule has 0 spiro atoms. The van der Waals surface area contributed by atoms with E-state index in [2.05, 4.69) is 5.16 Å². The summed E-state index contributed by atoms with van der Waals surface area (Å²) in [6.45, 7) is 5.40. The number of nitrogens with two attached hydrogens (primary N) is 1. The molecule has 1 amide bonds. The fourth-order valence-electron chi connectivity index (χ4n) is 1.67. The van der Waals surface area contributed by atoms with E-state index in [0.29, 0.717) is 0 Å². The molecule has 0 saturated heterocycles. The van der Waals surface area contributed by atoms with Crippen LogP contribution in [0, 0.1) is 5.92 Å². The molecule has 0 radical (unpaired) electrons. The van der Waals surface area contributed by atoms with Gasteiger partial charge >= 0.3 is 6.09 Å². The Hall–Kier alpha value is -1.46. The second-order valence-corrected chi connectivity index (χ2v) is 5.40. The molecule has 0 bridgehead atoms. The Morgan fingerprint density at radius 2 is 2.06 bits per heavy atom. The lowest BCUT2D eigenvalue weighted by molar-refractivity contribution is 0.0251. The van der Waals surface area contributed by atoms with Crippen LogP contribution in [0.3, 0.4) is 0 Å². The molecule has 1 unspecified atom stereocenters. The first-order valence-electron chi connectivity index (χ1n) is 5.69. The van der Waals surface area contributed by atoms with E-state index in [0.717, 1.165) is 12.8 Å². The van der Waals surface area contributed by atoms with Gasteiger partial charge < -0.3 is 20.6 Å². The molecule has 6 nitrogen and oxygen atoms in total. The van der Waals surface area contributed by atoms with Crippen LogP contribution < -0.4 is 5.73 Å². The topological polar surface area (TPSA) is 88.2 Å². The molecule has 1 atom stereocenters. The average molecular weight is 243 g/mol. The van der Waals surface area contributed by atoms with Crippen molar-refractivity contribution in [1.29, 1.82) is 0 Å². The molecule has 0 aromatic rings. The van der Waals surface area contributed by atoms with Crippen LogP contribution in [0.1, 0.15) is 33.6 Å². The third kappa shape index (κ3) is 3.80. The van der Waals surface area contributed by atoms with E-state index in [1.54, 1.807) is 27.8 Å². The first-order chi connectivity index (χ1) is 7.76. The van der Waals surface area contributed by atoms with Crippen LogP contribution in [-0.2, 0) is 4.74 Å². The Balaban J connectivity index is 2.71. The second kappa shape index (κ2) is 4.81. The molecule has 1 rings (SSSR count). The molecule has 0 aromatic carbocycles. The number of carbonyl (C=O) groups is 1. The van der Waals surface area contributed by atoms with Gasteiger partial charge in [0.25, 0.3) is 0 Å². The van der Waals surface area contributed by atoms with Crippen molar-refractivity contribution in [2.24, 2.45) is 16.8 Å². The summed E-state index contributed by atoms with van der Waals surface area (Å²) in [4.78, 5) is 13.3. The van der Waals surface area contributed by atoms with E-state index in [1.807, 2.05) is 0 Å². The number of hydrogen-bond donors (Lipinski definition) is 2. The number of oxime groups is 1. The summed E-state index contributed by atoms with van der Waals surface area (Å²) in [7, 11) is 1.61. The molecule has 1 aliphatic rings. The van der Waals surface area contributed by atoms with Crippen molar-refractivity contribution in [2.45, 2.75) is 45.3 Å². The van der Waals surface area contributed by atoms with E-state index in [9.17, 15) is 4.79 Å². The van der Waals surface area contributed by atoms with Crippen LogP contribution in [0.25, 0.3) is 0 Å². The van der Waals surface area contributed by atoms with E-state index in [-0.39, 0.29) is 17.8 Å². The summed E-state index contributed by atoms with van der Waals surface area (Å²) < 4.78 is 5.25. The van der Waals surface area contributed by atoms with E-state index < -0.39 is 11.7 Å². The number of ether oxygens (including phenoxy) is 1. The third-order valence-corrected chi connectivity index (χ3v) is 2.59. The predicted molar refractivity (Wildman–Crippen MR) is 63.9 cm³/mol. The highest BCUT2D eigenvalue weighted by molar-refractivity contribution is 5.89. The van der Waals surface area contributed by atoms with E-state index >= 15 is 0 Å². The van der Waals surface area contributed by atoms with Crippen molar-refractivity contribution in [3.63, 3.8) is 0 Å². The van der Waals surface area contributed by atoms with Gasteiger partial charge in [-0.05, 0) is 39.5 Å². The monoisotopic (exact) mass is 243 g/mol. The van der Waals surface area contributed by atoms with Crippen molar-refractivity contribution in [3.8, 4) is 0 Å². The maximum absolute atomic E-state index is 11.9. The van der Waals surface area contributed by atoms with Gasteiger partial charge in [-0.2, -0.15) is 0 Å². The minimum absolute atomic E-state index is 0.0564. The third-order valence-electron chi connectivity index (χ3n) is 2.59. The van der Waals surface area contributed by atoms with Crippen LogP contribution in [0.4, 0.5) is 4.79 Å². The van der Waals surface area contributed by atoms with E-state index in [4.69, 9.17) is 15.7 Å². The lowest BCUT2D eigenvalue weighted by atomic mass is 10.1. The van der Waals surface area contributed by atoms with Gasteiger partial charge in [-0.15, -0.1) is 0 Å². The Morgan fingerprint density at radius 1 is 1.53 bits per heavy atom. The molecular formula is C11H21N3O3. The Labute approximate surface area is 101 Å². The van der Waals surface area contributed by atoms with Gasteiger partial charge in [0.15, 0.2) is 5.84 Å². The lowest BCUT2D eigenvalue weighted by Crippen LogP contribution is -2.48. The summed E-state index contributed by atoms with van der Waals surface area (Å²) in [6, 6.07) is -0.380. The van der Waals surface area contributed by atoms with Gasteiger partial charge in [-0.25, -0.2) is 4.79 Å². The number of carbonyl (C=O) groups excluding carboxylic acids is 1. The highest BCUT2D eigenvalue weighted by atomic mass is 16.6. The molecule has 1 saturated carbocycles. The molecule has 6 heteroatoms. The van der Waals surface area contributed by atoms with Gasteiger partial charge in [-0.1, -0.05) is 5.16 Å². The van der Waals surface area contributed by atoms with Gasteiger partial charge in [0, 0.05) is 7.05 Å². The molecular weight excluding hydrogens is 222 g/mol. The highest BCUT2D eigenvalue weighted by Gasteiger charge is 2.40. The lowest BCUT2D eigenvalue weighted by Gasteiger charge is -2.30. The summed E-state index contributed by atoms with van der Waals surface area (Å²) in [6.07, 6.45) is 1.50. The van der Waals surface area contributed by atoms with Crippen molar-refractivity contribution >= 4 is 11.9 Å². The fraction of sp³-hybridized carbons (Fsp3) is 0.818. The Morgan fingerprint density at radius 3 is 2.41 bits per heavy atom. The number of hydrogen-bond acceptors (Lipinski definition) is 4. The number of nitrogens with zero attached hydrogens (tertiary/aromatic N) is 2. The predicted octanol–water partition coefficient (Wildman–Crippen LogP) is 1.38. The number of amidine groups is 1. The normalized spacial score (nSPS) is 18.7. The molecule has 98 valence electrons. The molecule has 3 N–H and O–H groups in total. The summed E-state index contributed by atoms with van der Waals surface area (Å²) in [5.41, 5.74) is 5.06. The highest BCUT2D eigenvalue weighted by Crippen LogP contribution is 2.35. The van der Waals surface area contributed by atoms with Crippen molar-refractivity contribution in [1.82, 2.24) is 4.90 Å². The second-order valence-electron chi connectivity index (χ2n) is 5.40. The molecule has 0 aromatic heterocycles. The van der Waals surface area contributed by atoms with Crippen LogP contribution in [-0.4, -0.2) is 40.7 Å². The largest absolute Gasteiger partial charge is 0.444 e. The van der Waals surface area contributed by atoms with Gasteiger partial charge in [0.05, 0.1) is 6.04 Å². The number of amides is 1. The molecule has 0 aliphatic heterocycles. The minimum atomic E-state index is -0.551. The maximum Gasteiger partial charge on any atom is 0.410 e. The average Bonchev–Trinajstić information content (AvgIpc) is 2.99. The maximum atomic E-state index is 11.9. The molecule has 1 aliphatic carbocycles. The minimum Gasteiger partial charge on any atom is -0.444 e. The first kappa shape index (κ1) is 13.6. The van der Waals surface area contributed by atoms with E-state index in [1.165, 1.54) is 4.90 Å². The molecule has 1 fully saturated rings. The Kier molecular flexibility index (Phi) is 3.85. The van der Waals surface area contributed by atoms with Crippen molar-refractivity contribution in [2.75, 3.05) is 7.05 Å². The van der Waals surface area contributed by atoms with Crippen molar-refractivity contribution < 1.29 is 14.7 Å². The van der Waals surface area contributed by atoms with Gasteiger partial charge in [0.2, 0.25) is 0 Å². The number of rotatable bonds is 3. The van der Waals surface area contributed by atoms with Crippen LogP contribution >= 0.6 is 0 Å².